The van der Waals surface area contributed by atoms with Crippen LogP contribution >= 0.6 is 14.5 Å². The Morgan fingerprint density at radius 3 is 0.889 bits per heavy atom. The maximum absolute atomic E-state index is 2.46. The minimum absolute atomic E-state index is 0.731. The van der Waals surface area contributed by atoms with Crippen molar-refractivity contribution in [2.75, 3.05) is 45.9 Å². The van der Waals surface area contributed by atoms with Gasteiger partial charge in [0.25, 0.3) is 0 Å². The summed E-state index contributed by atoms with van der Waals surface area (Å²) in [6.07, 6.45) is 0. The summed E-state index contributed by atoms with van der Waals surface area (Å²) in [5, 5.41) is 0. The Labute approximate surface area is 61.1 Å². The van der Waals surface area contributed by atoms with Gasteiger partial charge in [-0.05, 0) is 0 Å². The van der Waals surface area contributed by atoms with Gasteiger partial charge >= 0.3 is 60.4 Å². The van der Waals surface area contributed by atoms with Crippen molar-refractivity contribution in [1.29, 1.82) is 0 Å². The summed E-state index contributed by atoms with van der Waals surface area (Å²) in [7, 11) is -1.46. The van der Waals surface area contributed by atoms with E-state index in [0.29, 0.717) is 0 Å². The fourth-order valence-electron chi connectivity index (χ4n) is 1.59. The molecular formula is C7H22P2. The average molecular weight is 168 g/mol. The van der Waals surface area contributed by atoms with Crippen LogP contribution in [0.5, 0.6) is 0 Å². The summed E-state index contributed by atoms with van der Waals surface area (Å²) in [6, 6.07) is 0. The quantitative estimate of drug-likeness (QED) is 0.554. The molecule has 0 aliphatic heterocycles. The molecular weight excluding hydrogens is 146 g/mol. The molecule has 9 heavy (non-hydrogen) atoms. The van der Waals surface area contributed by atoms with E-state index in [2.05, 4.69) is 40.0 Å². The molecule has 0 N–H and O–H groups in total. The summed E-state index contributed by atoms with van der Waals surface area (Å²) in [4.78, 5) is 0. The first-order chi connectivity index (χ1) is 3.71. The Kier molecular flexibility index (Phi) is 3.12. The van der Waals surface area contributed by atoms with E-state index < -0.39 is 14.5 Å². The summed E-state index contributed by atoms with van der Waals surface area (Å²) in [5.41, 5.74) is 0. The Balaban J connectivity index is 3.75. The van der Waals surface area contributed by atoms with Gasteiger partial charge in [0.2, 0.25) is 0 Å². The van der Waals surface area contributed by atoms with Crippen molar-refractivity contribution in [2.45, 2.75) is 0 Å². The van der Waals surface area contributed by atoms with Crippen molar-refractivity contribution in [3.8, 4) is 0 Å². The molecule has 2 heteroatoms. The van der Waals surface area contributed by atoms with Crippen LogP contribution in [0.2, 0.25) is 0 Å². The van der Waals surface area contributed by atoms with Gasteiger partial charge < -0.3 is 0 Å². The van der Waals surface area contributed by atoms with Crippen LogP contribution in [0.4, 0.5) is 0 Å². The summed E-state index contributed by atoms with van der Waals surface area (Å²) >= 11 is 0. The molecule has 60 valence electrons. The Hall–Kier alpha value is 0.860. The third kappa shape index (κ3) is 8.86. The van der Waals surface area contributed by atoms with Crippen LogP contribution in [0.15, 0.2) is 0 Å². The third-order valence-corrected chi connectivity index (χ3v) is 9.55. The molecule has 0 fully saturated rings. The number of hydrogen-bond acceptors (Lipinski definition) is 0. The van der Waals surface area contributed by atoms with Crippen molar-refractivity contribution in [3.63, 3.8) is 0 Å². The van der Waals surface area contributed by atoms with E-state index in [9.17, 15) is 0 Å². The fraction of sp³-hybridized carbons (Fsp3) is 1.00. The first-order valence-corrected chi connectivity index (χ1v) is 11.1. The van der Waals surface area contributed by atoms with Gasteiger partial charge in [0.05, 0.1) is 0 Å². The average Bonchev–Trinajstić information content (AvgIpc) is 1.14. The van der Waals surface area contributed by atoms with E-state index in [1.54, 1.807) is 5.90 Å². The van der Waals surface area contributed by atoms with Crippen molar-refractivity contribution < 1.29 is 0 Å². The molecule has 0 atom stereocenters. The standard InChI is InChI=1S/C7H22P2/c1-8(2,3)7-9(4,5)6/h8-9H,7H2,1-6H3. The van der Waals surface area contributed by atoms with Gasteiger partial charge in [0.15, 0.2) is 0 Å². The second-order valence-corrected chi connectivity index (χ2v) is 17.0. The van der Waals surface area contributed by atoms with Crippen LogP contribution in [0.3, 0.4) is 0 Å². The second-order valence-electron chi connectivity index (χ2n) is 5.30. The predicted molar refractivity (Wildman–Crippen MR) is 57.0 cm³/mol. The number of rotatable bonds is 2. The monoisotopic (exact) mass is 168 g/mol. The van der Waals surface area contributed by atoms with Crippen LogP contribution in [0.1, 0.15) is 0 Å². The Bertz CT molecular complexity index is 72.1. The topological polar surface area (TPSA) is 0 Å². The minimum atomic E-state index is -0.731. The maximum atomic E-state index is 2.46. The van der Waals surface area contributed by atoms with Crippen molar-refractivity contribution in [1.82, 2.24) is 0 Å². The predicted octanol–water partition coefficient (Wildman–Crippen LogP) is 2.22. The van der Waals surface area contributed by atoms with Crippen LogP contribution < -0.4 is 0 Å². The normalized spacial score (nSPS) is 17.6. The first kappa shape index (κ1) is 9.86. The van der Waals surface area contributed by atoms with Crippen molar-refractivity contribution in [3.05, 3.63) is 0 Å². The SMILES string of the molecule is C[PH](C)(C)C[PH](C)(C)C. The molecule has 0 saturated carbocycles. The molecule has 0 nitrogen and oxygen atoms in total. The molecule has 0 aromatic heterocycles. The molecule has 0 unspecified atom stereocenters. The van der Waals surface area contributed by atoms with Crippen LogP contribution in [0, 0.1) is 0 Å². The van der Waals surface area contributed by atoms with E-state index in [1.165, 1.54) is 0 Å². The summed E-state index contributed by atoms with van der Waals surface area (Å²) in [6.45, 7) is 14.8. The van der Waals surface area contributed by atoms with Gasteiger partial charge in [0, 0.05) is 0 Å². The third-order valence-electron chi connectivity index (χ3n) is 1.06. The molecule has 0 saturated heterocycles. The van der Waals surface area contributed by atoms with Gasteiger partial charge in [-0.2, -0.15) is 0 Å². The van der Waals surface area contributed by atoms with Gasteiger partial charge in [-0.1, -0.05) is 0 Å². The molecule has 0 amide bonds. The summed E-state index contributed by atoms with van der Waals surface area (Å²) in [5.74, 6) is 1.57. The molecule has 0 aliphatic rings. The molecule has 0 aliphatic carbocycles. The second kappa shape index (κ2) is 2.85. The molecule has 0 heterocycles. The van der Waals surface area contributed by atoms with E-state index in [-0.39, 0.29) is 0 Å². The molecule has 0 aromatic rings. The molecule has 0 radical (unpaired) electrons. The first-order valence-electron chi connectivity index (χ1n) is 3.71. The zero-order valence-electron chi connectivity index (χ0n) is 7.71. The van der Waals surface area contributed by atoms with Crippen LogP contribution in [-0.4, -0.2) is 45.9 Å². The molecule has 0 aromatic carbocycles. The van der Waals surface area contributed by atoms with Crippen LogP contribution in [-0.2, 0) is 0 Å². The van der Waals surface area contributed by atoms with Crippen molar-refractivity contribution >= 4 is 14.5 Å². The zero-order valence-corrected chi connectivity index (χ0v) is 9.71. The van der Waals surface area contributed by atoms with E-state index >= 15 is 0 Å². The van der Waals surface area contributed by atoms with E-state index in [4.69, 9.17) is 0 Å². The Morgan fingerprint density at radius 2 is 0.889 bits per heavy atom. The van der Waals surface area contributed by atoms with Gasteiger partial charge in [0.1, 0.15) is 0 Å². The zero-order chi connectivity index (χ0) is 7.71. The van der Waals surface area contributed by atoms with Gasteiger partial charge in [-0.3, -0.25) is 0 Å². The summed E-state index contributed by atoms with van der Waals surface area (Å²) < 4.78 is 0. The van der Waals surface area contributed by atoms with E-state index in [0.717, 1.165) is 0 Å². The van der Waals surface area contributed by atoms with E-state index in [1.807, 2.05) is 0 Å². The Morgan fingerprint density at radius 1 is 0.667 bits per heavy atom. The van der Waals surface area contributed by atoms with Crippen LogP contribution in [0.25, 0.3) is 0 Å². The van der Waals surface area contributed by atoms with Crippen molar-refractivity contribution in [2.24, 2.45) is 0 Å². The molecule has 0 rings (SSSR count). The molecule has 0 bridgehead atoms. The van der Waals surface area contributed by atoms with Gasteiger partial charge in [-0.15, -0.1) is 0 Å². The van der Waals surface area contributed by atoms with Gasteiger partial charge in [-0.25, -0.2) is 0 Å². The fourth-order valence-corrected chi connectivity index (χ4v) is 14.3. The number of hydrogen-bond donors (Lipinski definition) is 0. The molecule has 0 spiro atoms.